The monoisotopic (exact) mass is 398 g/mol. The minimum Gasteiger partial charge on any atom is -0.387 e. The van der Waals surface area contributed by atoms with Gasteiger partial charge < -0.3 is 10.4 Å². The molecule has 9 heteroatoms. The number of nitrogens with one attached hydrogen (secondary N) is 2. The molecule has 0 saturated heterocycles. The van der Waals surface area contributed by atoms with E-state index in [1.807, 2.05) is 25.3 Å². The average Bonchev–Trinajstić information content (AvgIpc) is 3.31. The fourth-order valence-electron chi connectivity index (χ4n) is 2.67. The number of aliphatic hydroxyl groups is 1. The van der Waals surface area contributed by atoms with Crippen LogP contribution in [0.15, 0.2) is 36.5 Å². The van der Waals surface area contributed by atoms with Gasteiger partial charge in [-0.25, -0.2) is 0 Å². The fourth-order valence-corrected chi connectivity index (χ4v) is 2.90. The number of carbonyl (C=O) groups is 1. The van der Waals surface area contributed by atoms with Crippen LogP contribution in [-0.2, 0) is 6.54 Å². The van der Waals surface area contributed by atoms with Gasteiger partial charge in [0.2, 0.25) is 0 Å². The Morgan fingerprint density at radius 2 is 2.18 bits per heavy atom. The first-order valence-electron chi connectivity index (χ1n) is 8.65. The van der Waals surface area contributed by atoms with Crippen LogP contribution >= 0.6 is 11.6 Å². The maximum Gasteiger partial charge on any atom is 0.272 e. The van der Waals surface area contributed by atoms with E-state index in [0.29, 0.717) is 22.8 Å². The molecular formula is C19H19ClN6O2. The Bertz CT molecular complexity index is 1030. The Kier molecular flexibility index (Phi) is 5.78. The Hall–Kier alpha value is -3.15. The van der Waals surface area contributed by atoms with Crippen LogP contribution in [0.3, 0.4) is 0 Å². The molecule has 0 radical (unpaired) electrons. The van der Waals surface area contributed by atoms with E-state index in [0.717, 1.165) is 11.3 Å². The first-order chi connectivity index (χ1) is 13.4. The third kappa shape index (κ3) is 4.39. The molecule has 144 valence electrons. The topological polar surface area (TPSA) is 120 Å². The van der Waals surface area contributed by atoms with E-state index < -0.39 is 6.10 Å². The number of nitriles is 1. The van der Waals surface area contributed by atoms with Crippen molar-refractivity contribution < 1.29 is 9.90 Å². The van der Waals surface area contributed by atoms with Crippen molar-refractivity contribution in [2.24, 2.45) is 0 Å². The summed E-state index contributed by atoms with van der Waals surface area (Å²) in [5.74, 6) is -0.332. The number of aromatic amines is 1. The van der Waals surface area contributed by atoms with Crippen LogP contribution in [0.2, 0.25) is 5.02 Å². The Labute approximate surface area is 166 Å². The number of carbonyl (C=O) groups excluding carboxylic acids is 1. The first kappa shape index (κ1) is 19.6. The summed E-state index contributed by atoms with van der Waals surface area (Å²) < 4.78 is 1.72. The maximum absolute atomic E-state index is 12.3. The number of hydrogen-bond donors (Lipinski definition) is 3. The summed E-state index contributed by atoms with van der Waals surface area (Å²) >= 11 is 6.08. The summed E-state index contributed by atoms with van der Waals surface area (Å²) in [5, 5.41) is 32.7. The number of halogens is 1. The summed E-state index contributed by atoms with van der Waals surface area (Å²) in [7, 11) is 0. The molecule has 2 aromatic heterocycles. The highest BCUT2D eigenvalue weighted by atomic mass is 35.5. The van der Waals surface area contributed by atoms with E-state index in [-0.39, 0.29) is 17.6 Å². The van der Waals surface area contributed by atoms with E-state index in [1.165, 1.54) is 6.07 Å². The van der Waals surface area contributed by atoms with Crippen molar-refractivity contribution in [3.05, 3.63) is 58.5 Å². The van der Waals surface area contributed by atoms with Gasteiger partial charge in [-0.05, 0) is 38.1 Å². The van der Waals surface area contributed by atoms with Gasteiger partial charge in [0.1, 0.15) is 11.8 Å². The predicted molar refractivity (Wildman–Crippen MR) is 104 cm³/mol. The lowest BCUT2D eigenvalue weighted by atomic mass is 10.1. The molecule has 3 aromatic rings. The van der Waals surface area contributed by atoms with E-state index in [2.05, 4.69) is 20.6 Å². The Morgan fingerprint density at radius 1 is 1.39 bits per heavy atom. The van der Waals surface area contributed by atoms with Crippen LogP contribution in [0.1, 0.15) is 41.7 Å². The molecule has 8 nitrogen and oxygen atoms in total. The second kappa shape index (κ2) is 8.25. The van der Waals surface area contributed by atoms with Gasteiger partial charge in [0.05, 0.1) is 34.6 Å². The smallest absolute Gasteiger partial charge is 0.272 e. The van der Waals surface area contributed by atoms with Crippen molar-refractivity contribution in [3.63, 3.8) is 0 Å². The van der Waals surface area contributed by atoms with Crippen LogP contribution in [0.25, 0.3) is 11.3 Å². The molecule has 1 aromatic carbocycles. The number of aliphatic hydroxyl groups excluding tert-OH is 1. The standard InChI is InChI=1S/C19H19ClN6O2/c1-11(22-19(28)18-8-17(12(2)27)23-24-18)10-26-6-5-16(25-26)13-3-4-14(9-21)15(20)7-13/h3-8,11-12,27H,10H2,1-2H3,(H,22,28)(H,23,24)/t11-,12-/m1/s1. The molecule has 0 unspecified atom stereocenters. The molecule has 0 aliphatic carbocycles. The largest absolute Gasteiger partial charge is 0.387 e. The SMILES string of the molecule is C[C@H](Cn1ccc(-c2ccc(C#N)c(Cl)c2)n1)NC(=O)c1cc([C@@H](C)O)[nH]n1. The van der Waals surface area contributed by atoms with Crippen LogP contribution in [-0.4, -0.2) is 37.0 Å². The lowest BCUT2D eigenvalue weighted by molar-refractivity contribution is 0.0931. The number of amides is 1. The third-order valence-corrected chi connectivity index (χ3v) is 4.46. The van der Waals surface area contributed by atoms with Gasteiger partial charge in [0.15, 0.2) is 0 Å². The maximum atomic E-state index is 12.3. The number of H-pyrrole nitrogens is 1. The molecule has 1 amide bonds. The molecule has 0 spiro atoms. The normalized spacial score (nSPS) is 13.0. The van der Waals surface area contributed by atoms with Crippen molar-refractivity contribution >= 4 is 17.5 Å². The lowest BCUT2D eigenvalue weighted by Crippen LogP contribution is -2.36. The van der Waals surface area contributed by atoms with Crippen LogP contribution in [0.4, 0.5) is 0 Å². The van der Waals surface area contributed by atoms with Crippen molar-refractivity contribution in [2.45, 2.75) is 32.5 Å². The zero-order valence-electron chi connectivity index (χ0n) is 15.3. The first-order valence-corrected chi connectivity index (χ1v) is 9.03. The highest BCUT2D eigenvalue weighted by Crippen LogP contribution is 2.24. The van der Waals surface area contributed by atoms with Crippen molar-refractivity contribution in [1.29, 1.82) is 5.26 Å². The molecular weight excluding hydrogens is 380 g/mol. The molecule has 28 heavy (non-hydrogen) atoms. The molecule has 0 aliphatic heterocycles. The molecule has 3 N–H and O–H groups in total. The van der Waals surface area contributed by atoms with Gasteiger partial charge in [0.25, 0.3) is 5.91 Å². The molecule has 0 aliphatic rings. The molecule has 3 rings (SSSR count). The number of hydrogen-bond acceptors (Lipinski definition) is 5. The Morgan fingerprint density at radius 3 is 2.82 bits per heavy atom. The van der Waals surface area contributed by atoms with Gasteiger partial charge in [0, 0.05) is 17.8 Å². The fraction of sp³-hybridized carbons (Fsp3) is 0.263. The Balaban J connectivity index is 1.63. The van der Waals surface area contributed by atoms with E-state index in [4.69, 9.17) is 16.9 Å². The number of aromatic nitrogens is 4. The zero-order chi connectivity index (χ0) is 20.3. The van der Waals surface area contributed by atoms with Crippen LogP contribution in [0.5, 0.6) is 0 Å². The van der Waals surface area contributed by atoms with E-state index in [9.17, 15) is 9.90 Å². The van der Waals surface area contributed by atoms with Gasteiger partial charge in [-0.3, -0.25) is 14.6 Å². The van der Waals surface area contributed by atoms with Gasteiger partial charge in [-0.15, -0.1) is 0 Å². The van der Waals surface area contributed by atoms with E-state index in [1.54, 1.807) is 29.8 Å². The molecule has 2 heterocycles. The zero-order valence-corrected chi connectivity index (χ0v) is 16.1. The van der Waals surface area contributed by atoms with Crippen molar-refractivity contribution in [2.75, 3.05) is 0 Å². The summed E-state index contributed by atoms with van der Waals surface area (Å²) in [6.45, 7) is 3.91. The number of rotatable bonds is 6. The van der Waals surface area contributed by atoms with Crippen molar-refractivity contribution in [1.82, 2.24) is 25.3 Å². The number of nitrogens with zero attached hydrogens (tertiary/aromatic N) is 4. The summed E-state index contributed by atoms with van der Waals surface area (Å²) in [5.41, 5.74) is 2.64. The third-order valence-electron chi connectivity index (χ3n) is 4.14. The highest BCUT2D eigenvalue weighted by molar-refractivity contribution is 6.32. The second-order valence-electron chi connectivity index (χ2n) is 6.49. The summed E-state index contributed by atoms with van der Waals surface area (Å²) in [6.07, 6.45) is 1.09. The second-order valence-corrected chi connectivity index (χ2v) is 6.90. The van der Waals surface area contributed by atoms with Crippen LogP contribution < -0.4 is 5.32 Å². The summed E-state index contributed by atoms with van der Waals surface area (Å²) in [6, 6.07) is 10.3. The molecule has 0 bridgehead atoms. The predicted octanol–water partition coefficient (Wildman–Crippen LogP) is 2.67. The van der Waals surface area contributed by atoms with E-state index >= 15 is 0 Å². The highest BCUT2D eigenvalue weighted by Gasteiger charge is 2.16. The summed E-state index contributed by atoms with van der Waals surface area (Å²) in [4.78, 5) is 12.3. The van der Waals surface area contributed by atoms with Crippen LogP contribution in [0, 0.1) is 11.3 Å². The van der Waals surface area contributed by atoms with Crippen molar-refractivity contribution in [3.8, 4) is 17.3 Å². The van der Waals surface area contributed by atoms with Gasteiger partial charge in [-0.2, -0.15) is 15.5 Å². The minimum absolute atomic E-state index is 0.198. The van der Waals surface area contributed by atoms with Gasteiger partial charge >= 0.3 is 0 Å². The quantitative estimate of drug-likeness (QED) is 0.589. The van der Waals surface area contributed by atoms with Gasteiger partial charge in [-0.1, -0.05) is 17.7 Å². The molecule has 0 fully saturated rings. The molecule has 0 saturated carbocycles. The molecule has 2 atom stereocenters. The lowest BCUT2D eigenvalue weighted by Gasteiger charge is -2.13. The minimum atomic E-state index is -0.718. The average molecular weight is 399 g/mol. The number of benzene rings is 1.